The molecule has 0 aliphatic carbocycles. The molecule has 0 amide bonds. The van der Waals surface area contributed by atoms with Gasteiger partial charge in [-0.15, -0.1) is 12.4 Å². The molecule has 0 aliphatic rings. The van der Waals surface area contributed by atoms with E-state index in [4.69, 9.17) is 23.1 Å². The summed E-state index contributed by atoms with van der Waals surface area (Å²) >= 11 is 5.89. The smallest absolute Gasteiger partial charge is 0.223 e. The summed E-state index contributed by atoms with van der Waals surface area (Å²) in [6.07, 6.45) is 2.00. The van der Waals surface area contributed by atoms with Crippen molar-refractivity contribution in [2.45, 2.75) is 26.7 Å². The summed E-state index contributed by atoms with van der Waals surface area (Å²) in [6, 6.07) is 7.11. The van der Waals surface area contributed by atoms with Crippen molar-refractivity contribution in [2.75, 3.05) is 13.1 Å². The number of hydrogen-bond donors (Lipinski definition) is 2. The minimum Gasteiger partial charge on any atom is -0.369 e. The second-order valence-corrected chi connectivity index (χ2v) is 4.84. The average Bonchev–Trinajstić information content (AvgIpc) is 2.38. The average molecular weight is 332 g/mol. The first-order valence-corrected chi connectivity index (χ1v) is 7.13. The predicted molar refractivity (Wildman–Crippen MR) is 93.8 cm³/mol. The second kappa shape index (κ2) is 10.3. The molecule has 4 N–H and O–H groups in total. The van der Waals surface area contributed by atoms with E-state index >= 15 is 0 Å². The van der Waals surface area contributed by atoms with Crippen LogP contribution in [0.15, 0.2) is 34.3 Å². The molecule has 0 aliphatic heterocycles. The van der Waals surface area contributed by atoms with Crippen molar-refractivity contribution in [3.8, 4) is 0 Å². The number of nitrogens with zero attached hydrogens (tertiary/aromatic N) is 3. The first-order valence-electron chi connectivity index (χ1n) is 6.75. The lowest BCUT2D eigenvalue weighted by atomic mass is 10.3. The molecule has 0 aromatic heterocycles. The first kappa shape index (κ1) is 19.5. The molecule has 5 nitrogen and oxygen atoms in total. The molecule has 0 bridgehead atoms. The fourth-order valence-electron chi connectivity index (χ4n) is 1.77. The van der Waals surface area contributed by atoms with E-state index in [9.17, 15) is 0 Å². The Bertz CT molecular complexity index is 482. The van der Waals surface area contributed by atoms with Crippen molar-refractivity contribution in [2.24, 2.45) is 21.5 Å². The fraction of sp³-hybridized carbons (Fsp3) is 0.429. The summed E-state index contributed by atoms with van der Waals surface area (Å²) in [4.78, 5) is 10.3. The number of aliphatic imine (C=N–C) groups is 2. The molecular formula is C14H23Cl2N5. The highest BCUT2D eigenvalue weighted by Gasteiger charge is 2.06. The van der Waals surface area contributed by atoms with Crippen molar-refractivity contribution in [1.29, 1.82) is 0 Å². The summed E-state index contributed by atoms with van der Waals surface area (Å²) in [5.41, 5.74) is 12.4. The number of nitrogens with two attached hydrogens (primary N) is 2. The topological polar surface area (TPSA) is 80.0 Å². The molecule has 0 atom stereocenters. The highest BCUT2D eigenvalue weighted by molar-refractivity contribution is 6.30. The van der Waals surface area contributed by atoms with Crippen molar-refractivity contribution in [3.63, 3.8) is 0 Å². The zero-order valence-corrected chi connectivity index (χ0v) is 14.0. The molecule has 0 saturated heterocycles. The van der Waals surface area contributed by atoms with Crippen molar-refractivity contribution in [3.05, 3.63) is 29.3 Å². The van der Waals surface area contributed by atoms with Gasteiger partial charge in [0, 0.05) is 18.1 Å². The first-order chi connectivity index (χ1) is 9.56. The van der Waals surface area contributed by atoms with Gasteiger partial charge in [0.2, 0.25) is 5.96 Å². The van der Waals surface area contributed by atoms with Crippen molar-refractivity contribution >= 4 is 41.6 Å². The van der Waals surface area contributed by atoms with Crippen LogP contribution in [0.25, 0.3) is 0 Å². The van der Waals surface area contributed by atoms with Gasteiger partial charge < -0.3 is 16.4 Å². The maximum absolute atomic E-state index is 5.96. The Morgan fingerprint density at radius 1 is 1.19 bits per heavy atom. The summed E-state index contributed by atoms with van der Waals surface area (Å²) in [5.74, 6) is 0.527. The molecule has 0 fully saturated rings. The van der Waals surface area contributed by atoms with E-state index in [-0.39, 0.29) is 18.4 Å². The van der Waals surface area contributed by atoms with Crippen molar-refractivity contribution < 1.29 is 0 Å². The van der Waals surface area contributed by atoms with Gasteiger partial charge in [-0.1, -0.05) is 31.5 Å². The largest absolute Gasteiger partial charge is 0.369 e. The van der Waals surface area contributed by atoms with E-state index < -0.39 is 0 Å². The van der Waals surface area contributed by atoms with E-state index in [0.29, 0.717) is 16.7 Å². The van der Waals surface area contributed by atoms with Crippen LogP contribution in [0.2, 0.25) is 5.02 Å². The molecule has 0 radical (unpaired) electrons. The monoisotopic (exact) mass is 331 g/mol. The van der Waals surface area contributed by atoms with E-state index in [1.54, 1.807) is 18.2 Å². The quantitative estimate of drug-likeness (QED) is 0.642. The maximum atomic E-state index is 5.96. The second-order valence-electron chi connectivity index (χ2n) is 4.41. The van der Waals surface area contributed by atoms with Gasteiger partial charge in [-0.2, -0.15) is 4.99 Å². The molecule has 1 aromatic rings. The van der Waals surface area contributed by atoms with Gasteiger partial charge in [-0.25, -0.2) is 4.99 Å². The minimum absolute atomic E-state index is 0. The number of hydrogen-bond acceptors (Lipinski definition) is 1. The lowest BCUT2D eigenvalue weighted by Crippen LogP contribution is -2.39. The summed E-state index contributed by atoms with van der Waals surface area (Å²) in [6.45, 7) is 5.90. The Morgan fingerprint density at radius 3 is 2.33 bits per heavy atom. The third-order valence-electron chi connectivity index (χ3n) is 2.59. The highest BCUT2D eigenvalue weighted by atomic mass is 35.5. The lowest BCUT2D eigenvalue weighted by Gasteiger charge is -2.21. The van der Waals surface area contributed by atoms with Crippen LogP contribution in [0.1, 0.15) is 26.7 Å². The van der Waals surface area contributed by atoms with Crippen LogP contribution in [0.3, 0.4) is 0 Å². The van der Waals surface area contributed by atoms with E-state index in [1.165, 1.54) is 0 Å². The minimum atomic E-state index is 0. The fourth-order valence-corrected chi connectivity index (χ4v) is 1.96. The summed E-state index contributed by atoms with van der Waals surface area (Å²) in [7, 11) is 0. The predicted octanol–water partition coefficient (Wildman–Crippen LogP) is 3.14. The number of benzene rings is 1. The number of rotatable bonds is 5. The van der Waals surface area contributed by atoms with Crippen LogP contribution >= 0.6 is 24.0 Å². The van der Waals surface area contributed by atoms with E-state index in [0.717, 1.165) is 25.9 Å². The van der Waals surface area contributed by atoms with Gasteiger partial charge in [-0.05, 0) is 31.0 Å². The van der Waals surface area contributed by atoms with Gasteiger partial charge in [-0.3, -0.25) is 0 Å². The van der Waals surface area contributed by atoms with Crippen LogP contribution in [-0.4, -0.2) is 29.9 Å². The van der Waals surface area contributed by atoms with Crippen LogP contribution < -0.4 is 11.5 Å². The molecule has 7 heteroatoms. The zero-order valence-electron chi connectivity index (χ0n) is 12.4. The van der Waals surface area contributed by atoms with Gasteiger partial charge in [0.05, 0.1) is 5.69 Å². The van der Waals surface area contributed by atoms with E-state index in [1.807, 2.05) is 11.0 Å². The third-order valence-corrected chi connectivity index (χ3v) is 2.83. The Labute approximate surface area is 137 Å². The third kappa shape index (κ3) is 7.20. The molecular weight excluding hydrogens is 309 g/mol. The molecule has 1 aromatic carbocycles. The van der Waals surface area contributed by atoms with Gasteiger partial charge >= 0.3 is 0 Å². The Balaban J connectivity index is 0.00000400. The summed E-state index contributed by atoms with van der Waals surface area (Å²) in [5, 5.41) is 0.606. The molecule has 0 spiro atoms. The molecule has 0 unspecified atom stereocenters. The van der Waals surface area contributed by atoms with Crippen LogP contribution in [0.5, 0.6) is 0 Å². The molecule has 1 rings (SSSR count). The SMILES string of the molecule is CCCN(CCC)C(N)=NC(N)=Nc1cccc(Cl)c1.Cl. The highest BCUT2D eigenvalue weighted by Crippen LogP contribution is 2.17. The van der Waals surface area contributed by atoms with Gasteiger partial charge in [0.25, 0.3) is 0 Å². The maximum Gasteiger partial charge on any atom is 0.223 e. The van der Waals surface area contributed by atoms with Gasteiger partial charge in [0.1, 0.15) is 0 Å². The van der Waals surface area contributed by atoms with Crippen LogP contribution in [-0.2, 0) is 0 Å². The Morgan fingerprint density at radius 2 is 1.81 bits per heavy atom. The number of halogens is 2. The van der Waals surface area contributed by atoms with Gasteiger partial charge in [0.15, 0.2) is 5.96 Å². The molecule has 0 saturated carbocycles. The normalized spacial score (nSPS) is 12.0. The summed E-state index contributed by atoms with van der Waals surface area (Å²) < 4.78 is 0. The Kier molecular flexibility index (Phi) is 9.58. The van der Waals surface area contributed by atoms with Crippen LogP contribution in [0.4, 0.5) is 5.69 Å². The molecule has 0 heterocycles. The van der Waals surface area contributed by atoms with Crippen molar-refractivity contribution in [1.82, 2.24) is 4.90 Å². The zero-order chi connectivity index (χ0) is 15.0. The van der Waals surface area contributed by atoms with Crippen LogP contribution in [0, 0.1) is 0 Å². The van der Waals surface area contributed by atoms with E-state index in [2.05, 4.69) is 23.8 Å². The standard InChI is InChI=1S/C14H22ClN5.ClH/c1-3-8-20(9-4-2)14(17)19-13(16)18-12-7-5-6-11(15)10-12;/h5-7,10H,3-4,8-9H2,1-2H3,(H4,16,17,18,19);1H. The Hall–Kier alpha value is -1.46. The number of guanidine groups is 2. The lowest BCUT2D eigenvalue weighted by molar-refractivity contribution is 0.413. The molecule has 21 heavy (non-hydrogen) atoms. The molecule has 118 valence electrons.